The quantitative estimate of drug-likeness (QED) is 0.261. The van der Waals surface area contributed by atoms with E-state index in [1.807, 2.05) is 56.3 Å². The molecule has 0 aliphatic heterocycles. The highest BCUT2D eigenvalue weighted by Gasteiger charge is 2.24. The number of aromatic nitrogens is 3. The number of nitrogens with one attached hydrogen (secondary N) is 1. The Kier molecular flexibility index (Phi) is 7.58. The van der Waals surface area contributed by atoms with Crippen molar-refractivity contribution in [1.29, 1.82) is 0 Å². The Bertz CT molecular complexity index is 1630. The number of benzene rings is 3. The molecular weight excluding hydrogens is 497 g/mol. The van der Waals surface area contributed by atoms with E-state index in [0.717, 1.165) is 11.1 Å². The summed E-state index contributed by atoms with van der Waals surface area (Å²) in [5, 5.41) is 2.98. The maximum atomic E-state index is 13.5. The molecule has 3 N–H and O–H groups in total. The molecule has 0 bridgehead atoms. The van der Waals surface area contributed by atoms with Gasteiger partial charge in [-0.3, -0.25) is 4.79 Å². The van der Waals surface area contributed by atoms with Gasteiger partial charge in [0.05, 0.1) is 30.8 Å². The van der Waals surface area contributed by atoms with Crippen LogP contribution in [0.5, 0.6) is 11.5 Å². The van der Waals surface area contributed by atoms with E-state index in [2.05, 4.69) is 5.32 Å². The molecule has 0 saturated carbocycles. The minimum absolute atomic E-state index is 0.252. The number of ether oxygens (including phenoxy) is 2. The van der Waals surface area contributed by atoms with E-state index >= 15 is 0 Å². The molecule has 0 radical (unpaired) electrons. The molecule has 0 unspecified atom stereocenters. The van der Waals surface area contributed by atoms with Crippen LogP contribution in [0.4, 0.5) is 10.2 Å². The van der Waals surface area contributed by atoms with E-state index in [0.29, 0.717) is 66.4 Å². The predicted molar refractivity (Wildman–Crippen MR) is 150 cm³/mol. The molecule has 0 atom stereocenters. The summed E-state index contributed by atoms with van der Waals surface area (Å²) in [5.74, 6) is 0.965. The summed E-state index contributed by atoms with van der Waals surface area (Å²) in [4.78, 5) is 23.0. The fourth-order valence-corrected chi connectivity index (χ4v) is 4.53. The number of para-hydroxylation sites is 2. The highest BCUT2D eigenvalue weighted by molar-refractivity contribution is 6.10. The standard InChI is InChI=1S/C30H30FN5O3/c1-3-38-24-14-11-19(17-25(24)39-4-2)15-16-33-30(37)26-27-29(35-23-8-6-5-7-22(23)34-27)36(28(26)32)18-20-9-12-21(31)13-10-20/h5-14,17H,3-4,15-16,18,32H2,1-2H3,(H,33,37). The van der Waals surface area contributed by atoms with Crippen LogP contribution >= 0.6 is 0 Å². The molecule has 0 aliphatic carbocycles. The van der Waals surface area contributed by atoms with E-state index in [9.17, 15) is 9.18 Å². The monoisotopic (exact) mass is 527 g/mol. The summed E-state index contributed by atoms with van der Waals surface area (Å²) in [6.07, 6.45) is 0.584. The van der Waals surface area contributed by atoms with Gasteiger partial charge in [-0.15, -0.1) is 0 Å². The maximum absolute atomic E-state index is 13.5. The van der Waals surface area contributed by atoms with Crippen molar-refractivity contribution in [2.75, 3.05) is 25.5 Å². The predicted octanol–water partition coefficient (Wildman–Crippen LogP) is 5.12. The summed E-state index contributed by atoms with van der Waals surface area (Å²) in [6, 6.07) is 19.4. The number of anilines is 1. The van der Waals surface area contributed by atoms with Crippen LogP contribution in [0.2, 0.25) is 0 Å². The van der Waals surface area contributed by atoms with E-state index in [-0.39, 0.29) is 23.1 Å². The van der Waals surface area contributed by atoms with Crippen LogP contribution in [0, 0.1) is 5.82 Å². The fourth-order valence-electron chi connectivity index (χ4n) is 4.53. The third kappa shape index (κ3) is 5.47. The summed E-state index contributed by atoms with van der Waals surface area (Å²) < 4.78 is 26.6. The molecule has 8 nitrogen and oxygen atoms in total. The molecule has 0 spiro atoms. The number of halogens is 1. The molecule has 2 aromatic heterocycles. The molecule has 0 saturated heterocycles. The zero-order chi connectivity index (χ0) is 27.4. The Morgan fingerprint density at radius 1 is 0.923 bits per heavy atom. The SMILES string of the molecule is CCOc1ccc(CCNC(=O)c2c(N)n(Cc3ccc(F)cc3)c3nc4ccccc4nc23)cc1OCC. The number of rotatable bonds is 10. The molecular formula is C30H30FN5O3. The third-order valence-corrected chi connectivity index (χ3v) is 6.38. The van der Waals surface area contributed by atoms with Crippen LogP contribution in [-0.2, 0) is 13.0 Å². The molecule has 3 aromatic carbocycles. The van der Waals surface area contributed by atoms with E-state index in [4.69, 9.17) is 25.2 Å². The van der Waals surface area contributed by atoms with Gasteiger partial charge in [-0.05, 0) is 67.8 Å². The van der Waals surface area contributed by atoms with Gasteiger partial charge in [0.25, 0.3) is 5.91 Å². The Labute approximate surface area is 225 Å². The Morgan fingerprint density at radius 2 is 1.59 bits per heavy atom. The average molecular weight is 528 g/mol. The number of carbonyl (C=O) groups excluding carboxylic acids is 1. The first-order chi connectivity index (χ1) is 19.0. The van der Waals surface area contributed by atoms with Gasteiger partial charge in [-0.1, -0.05) is 30.3 Å². The van der Waals surface area contributed by atoms with Crippen LogP contribution < -0.4 is 20.5 Å². The van der Waals surface area contributed by atoms with Gasteiger partial charge in [-0.25, -0.2) is 14.4 Å². The normalized spacial score (nSPS) is 11.2. The lowest BCUT2D eigenvalue weighted by molar-refractivity contribution is 0.0956. The summed E-state index contributed by atoms with van der Waals surface area (Å²) in [6.45, 7) is 5.61. The lowest BCUT2D eigenvalue weighted by Gasteiger charge is -2.12. The summed E-state index contributed by atoms with van der Waals surface area (Å²) in [7, 11) is 0. The molecule has 2 heterocycles. The summed E-state index contributed by atoms with van der Waals surface area (Å²) in [5.41, 5.74) is 10.9. The van der Waals surface area contributed by atoms with Crippen molar-refractivity contribution in [3.63, 3.8) is 0 Å². The van der Waals surface area contributed by atoms with Gasteiger partial charge in [0, 0.05) is 6.54 Å². The molecule has 5 rings (SSSR count). The van der Waals surface area contributed by atoms with Crippen molar-refractivity contribution >= 4 is 33.9 Å². The first-order valence-corrected chi connectivity index (χ1v) is 12.9. The van der Waals surface area contributed by atoms with Crippen LogP contribution in [-0.4, -0.2) is 40.2 Å². The minimum atomic E-state index is -0.337. The molecule has 200 valence electrons. The molecule has 5 aromatic rings. The van der Waals surface area contributed by atoms with Crippen LogP contribution in [0.3, 0.4) is 0 Å². The Hall–Kier alpha value is -4.66. The van der Waals surface area contributed by atoms with Crippen LogP contribution in [0.15, 0.2) is 66.7 Å². The second-order valence-corrected chi connectivity index (χ2v) is 9.01. The van der Waals surface area contributed by atoms with Crippen LogP contribution in [0.25, 0.3) is 22.2 Å². The van der Waals surface area contributed by atoms with Crippen molar-refractivity contribution in [1.82, 2.24) is 19.9 Å². The zero-order valence-corrected chi connectivity index (χ0v) is 21.9. The zero-order valence-electron chi connectivity index (χ0n) is 21.9. The van der Waals surface area contributed by atoms with Crippen molar-refractivity contribution in [2.45, 2.75) is 26.8 Å². The van der Waals surface area contributed by atoms with E-state index in [1.165, 1.54) is 12.1 Å². The number of amides is 1. The molecule has 39 heavy (non-hydrogen) atoms. The Balaban J connectivity index is 1.43. The van der Waals surface area contributed by atoms with Crippen molar-refractivity contribution in [3.8, 4) is 11.5 Å². The van der Waals surface area contributed by atoms with Gasteiger partial charge in [-0.2, -0.15) is 0 Å². The number of carbonyl (C=O) groups is 1. The lowest BCUT2D eigenvalue weighted by Crippen LogP contribution is -2.26. The molecule has 9 heteroatoms. The number of nitrogens with zero attached hydrogens (tertiary/aromatic N) is 3. The van der Waals surface area contributed by atoms with E-state index in [1.54, 1.807) is 16.7 Å². The highest BCUT2D eigenvalue weighted by atomic mass is 19.1. The van der Waals surface area contributed by atoms with Crippen molar-refractivity contribution in [3.05, 3.63) is 89.2 Å². The molecule has 1 amide bonds. The maximum Gasteiger partial charge on any atom is 0.257 e. The number of nitrogen functional groups attached to an aromatic ring is 1. The smallest absolute Gasteiger partial charge is 0.257 e. The minimum Gasteiger partial charge on any atom is -0.490 e. The second kappa shape index (κ2) is 11.4. The van der Waals surface area contributed by atoms with Gasteiger partial charge in [0.15, 0.2) is 17.1 Å². The number of fused-ring (bicyclic) bond motifs is 2. The van der Waals surface area contributed by atoms with Gasteiger partial charge < -0.3 is 25.1 Å². The number of hydrogen-bond acceptors (Lipinski definition) is 6. The van der Waals surface area contributed by atoms with Gasteiger partial charge >= 0.3 is 0 Å². The first-order valence-electron chi connectivity index (χ1n) is 12.9. The summed E-state index contributed by atoms with van der Waals surface area (Å²) >= 11 is 0. The number of hydrogen-bond donors (Lipinski definition) is 2. The topological polar surface area (TPSA) is 104 Å². The average Bonchev–Trinajstić information content (AvgIpc) is 3.20. The van der Waals surface area contributed by atoms with Crippen LogP contribution in [0.1, 0.15) is 35.3 Å². The van der Waals surface area contributed by atoms with Gasteiger partial charge in [0.2, 0.25) is 0 Å². The lowest BCUT2D eigenvalue weighted by atomic mass is 10.1. The third-order valence-electron chi connectivity index (χ3n) is 6.38. The molecule has 0 fully saturated rings. The molecule has 0 aliphatic rings. The first kappa shape index (κ1) is 26.0. The largest absolute Gasteiger partial charge is 0.490 e. The fraction of sp³-hybridized carbons (Fsp3) is 0.233. The number of nitrogens with two attached hydrogens (primary N) is 1. The second-order valence-electron chi connectivity index (χ2n) is 9.01. The van der Waals surface area contributed by atoms with Crippen molar-refractivity contribution < 1.29 is 18.7 Å². The van der Waals surface area contributed by atoms with Crippen molar-refractivity contribution in [2.24, 2.45) is 0 Å². The Morgan fingerprint density at radius 3 is 2.31 bits per heavy atom. The van der Waals surface area contributed by atoms with Gasteiger partial charge in [0.1, 0.15) is 22.7 Å². The highest BCUT2D eigenvalue weighted by Crippen LogP contribution is 2.30. The van der Waals surface area contributed by atoms with E-state index < -0.39 is 0 Å².